The van der Waals surface area contributed by atoms with E-state index in [1.807, 2.05) is 0 Å². The SMILES string of the molecule is O=C(O[C@@H]1C[C@H]2CC[C@@H](C1)N2C(=O)O)c1c(-c2ccccc2OC(F)(F)F)noc1C1CC1. The molecule has 1 saturated carbocycles. The molecule has 0 unspecified atom stereocenters. The Kier molecular flexibility index (Phi) is 5.21. The number of halogens is 3. The summed E-state index contributed by atoms with van der Waals surface area (Å²) in [4.78, 5) is 26.2. The van der Waals surface area contributed by atoms with Crippen LogP contribution in [0.5, 0.6) is 5.75 Å². The summed E-state index contributed by atoms with van der Waals surface area (Å²) in [5.74, 6) is -0.983. The Hall–Kier alpha value is -3.24. The zero-order valence-electron chi connectivity index (χ0n) is 17.4. The molecule has 3 atom stereocenters. The average Bonchev–Trinajstić information content (AvgIpc) is 3.42. The average molecular weight is 466 g/mol. The third kappa shape index (κ3) is 4.23. The van der Waals surface area contributed by atoms with Crippen LogP contribution in [0.1, 0.15) is 60.6 Å². The molecule has 3 heterocycles. The van der Waals surface area contributed by atoms with E-state index >= 15 is 0 Å². The number of carboxylic acid groups (broad SMARTS) is 1. The zero-order chi connectivity index (χ0) is 23.3. The highest BCUT2D eigenvalue weighted by Gasteiger charge is 2.45. The van der Waals surface area contributed by atoms with Gasteiger partial charge in [-0.2, -0.15) is 0 Å². The zero-order valence-corrected chi connectivity index (χ0v) is 17.4. The molecule has 0 spiro atoms. The summed E-state index contributed by atoms with van der Waals surface area (Å²) in [6, 6.07) is 4.98. The number of hydrogen-bond donors (Lipinski definition) is 1. The number of fused-ring (bicyclic) bond motifs is 2. The molecule has 2 bridgehead atoms. The summed E-state index contributed by atoms with van der Waals surface area (Å²) < 4.78 is 54.0. The van der Waals surface area contributed by atoms with E-state index in [4.69, 9.17) is 9.26 Å². The first-order chi connectivity index (χ1) is 15.7. The summed E-state index contributed by atoms with van der Waals surface area (Å²) in [6.07, 6.45) is -2.68. The highest BCUT2D eigenvalue weighted by Crippen LogP contribution is 2.46. The Morgan fingerprint density at radius 3 is 2.36 bits per heavy atom. The molecule has 1 aromatic carbocycles. The number of rotatable bonds is 5. The predicted octanol–water partition coefficient (Wildman–Crippen LogP) is 4.95. The van der Waals surface area contributed by atoms with Gasteiger partial charge in [0, 0.05) is 36.4 Å². The first-order valence-corrected chi connectivity index (χ1v) is 10.8. The molecule has 2 saturated heterocycles. The van der Waals surface area contributed by atoms with Crippen LogP contribution in [0.4, 0.5) is 18.0 Å². The van der Waals surface area contributed by atoms with Gasteiger partial charge in [-0.15, -0.1) is 13.2 Å². The highest BCUT2D eigenvalue weighted by atomic mass is 19.4. The Labute approximate surface area is 186 Å². The molecule has 2 aliphatic heterocycles. The number of hydrogen-bond acceptors (Lipinski definition) is 6. The summed E-state index contributed by atoms with van der Waals surface area (Å²) in [5, 5.41) is 13.3. The summed E-state index contributed by atoms with van der Waals surface area (Å²) in [6.45, 7) is 0. The third-order valence-electron chi connectivity index (χ3n) is 6.42. The van der Waals surface area contributed by atoms with E-state index < -0.39 is 30.3 Å². The molecule has 1 aliphatic carbocycles. The predicted molar refractivity (Wildman–Crippen MR) is 106 cm³/mol. The molecule has 11 heteroatoms. The number of amides is 1. The number of alkyl halides is 3. The Morgan fingerprint density at radius 2 is 1.76 bits per heavy atom. The maximum atomic E-state index is 13.3. The number of para-hydroxylation sites is 1. The number of carbonyl (C=O) groups is 2. The fraction of sp³-hybridized carbons (Fsp3) is 0.500. The van der Waals surface area contributed by atoms with Crippen LogP contribution >= 0.6 is 0 Å². The second-order valence-electron chi connectivity index (χ2n) is 8.66. The van der Waals surface area contributed by atoms with Crippen molar-refractivity contribution in [3.05, 3.63) is 35.6 Å². The molecule has 3 fully saturated rings. The van der Waals surface area contributed by atoms with E-state index in [9.17, 15) is 27.9 Å². The van der Waals surface area contributed by atoms with Crippen LogP contribution in [0.25, 0.3) is 11.3 Å². The lowest BCUT2D eigenvalue weighted by atomic mass is 9.99. The Morgan fingerprint density at radius 1 is 1.09 bits per heavy atom. The van der Waals surface area contributed by atoms with Crippen molar-refractivity contribution in [1.82, 2.24) is 10.1 Å². The lowest BCUT2D eigenvalue weighted by molar-refractivity contribution is -0.274. The minimum atomic E-state index is -4.92. The number of nitrogens with zero attached hydrogens (tertiary/aromatic N) is 2. The quantitative estimate of drug-likeness (QED) is 0.622. The molecular weight excluding hydrogens is 445 g/mol. The van der Waals surface area contributed by atoms with Crippen LogP contribution in [-0.4, -0.2) is 51.8 Å². The van der Waals surface area contributed by atoms with Gasteiger partial charge in [-0.3, -0.25) is 0 Å². The molecule has 5 rings (SSSR count). The molecule has 3 aliphatic rings. The second kappa shape index (κ2) is 7.96. The summed E-state index contributed by atoms with van der Waals surface area (Å²) in [5.41, 5.74) is -0.0883. The topological polar surface area (TPSA) is 102 Å². The van der Waals surface area contributed by atoms with Crippen molar-refractivity contribution in [3.8, 4) is 17.0 Å². The normalized spacial score (nSPS) is 24.6. The van der Waals surface area contributed by atoms with Gasteiger partial charge in [0.15, 0.2) is 5.76 Å². The molecular formula is C22H21F3N2O6. The minimum Gasteiger partial charge on any atom is -0.465 e. The first kappa shape index (κ1) is 21.6. The first-order valence-electron chi connectivity index (χ1n) is 10.8. The van der Waals surface area contributed by atoms with Gasteiger partial charge in [0.2, 0.25) is 0 Å². The van der Waals surface area contributed by atoms with Gasteiger partial charge in [0.1, 0.15) is 23.1 Å². The van der Waals surface area contributed by atoms with Crippen molar-refractivity contribution in [2.75, 3.05) is 0 Å². The Bertz CT molecular complexity index is 1070. The van der Waals surface area contributed by atoms with E-state index in [1.165, 1.54) is 23.1 Å². The fourth-order valence-electron chi connectivity index (χ4n) is 4.93. The molecule has 2 aromatic rings. The van der Waals surface area contributed by atoms with Gasteiger partial charge in [0.05, 0.1) is 0 Å². The third-order valence-corrected chi connectivity index (χ3v) is 6.42. The van der Waals surface area contributed by atoms with Gasteiger partial charge in [-0.1, -0.05) is 17.3 Å². The van der Waals surface area contributed by atoms with Crippen molar-refractivity contribution in [2.24, 2.45) is 0 Å². The van der Waals surface area contributed by atoms with Crippen molar-refractivity contribution >= 4 is 12.1 Å². The highest BCUT2D eigenvalue weighted by molar-refractivity contribution is 5.98. The van der Waals surface area contributed by atoms with Crippen LogP contribution < -0.4 is 4.74 Å². The Balaban J connectivity index is 1.43. The van der Waals surface area contributed by atoms with E-state index in [2.05, 4.69) is 9.89 Å². The van der Waals surface area contributed by atoms with Crippen LogP contribution in [-0.2, 0) is 4.74 Å². The molecule has 0 radical (unpaired) electrons. The van der Waals surface area contributed by atoms with Gasteiger partial charge >= 0.3 is 18.4 Å². The van der Waals surface area contributed by atoms with Gasteiger partial charge in [-0.05, 0) is 37.8 Å². The van der Waals surface area contributed by atoms with E-state index in [1.54, 1.807) is 0 Å². The summed E-state index contributed by atoms with van der Waals surface area (Å²) >= 11 is 0. The number of aromatic nitrogens is 1. The number of ether oxygens (including phenoxy) is 2. The monoisotopic (exact) mass is 466 g/mol. The number of esters is 1. The summed E-state index contributed by atoms with van der Waals surface area (Å²) in [7, 11) is 0. The maximum Gasteiger partial charge on any atom is 0.573 e. The van der Waals surface area contributed by atoms with E-state index in [0.717, 1.165) is 18.9 Å². The number of piperidine rings is 1. The van der Waals surface area contributed by atoms with Gasteiger partial charge in [-0.25, -0.2) is 9.59 Å². The molecule has 1 N–H and O–H groups in total. The maximum absolute atomic E-state index is 13.3. The van der Waals surface area contributed by atoms with Crippen molar-refractivity contribution in [1.29, 1.82) is 0 Å². The van der Waals surface area contributed by atoms with Gasteiger partial charge in [0.25, 0.3) is 0 Å². The van der Waals surface area contributed by atoms with Crippen LogP contribution in [0.3, 0.4) is 0 Å². The van der Waals surface area contributed by atoms with Crippen molar-refractivity contribution < 1.29 is 41.9 Å². The van der Waals surface area contributed by atoms with E-state index in [0.29, 0.717) is 31.4 Å². The largest absolute Gasteiger partial charge is 0.573 e. The smallest absolute Gasteiger partial charge is 0.465 e. The molecule has 1 aromatic heterocycles. The van der Waals surface area contributed by atoms with E-state index in [-0.39, 0.29) is 34.8 Å². The lowest BCUT2D eigenvalue weighted by Gasteiger charge is -2.36. The lowest BCUT2D eigenvalue weighted by Crippen LogP contribution is -2.48. The molecule has 176 valence electrons. The standard InChI is InChI=1S/C22H21F3N2O6/c23-22(24,25)32-16-4-2-1-3-15(16)18-17(19(33-26-18)11-5-6-11)20(28)31-14-9-12-7-8-13(10-14)27(12)21(29)30/h1-4,11-14H,5-10H2,(H,29,30)/t12-,13+,14-. The second-order valence-corrected chi connectivity index (χ2v) is 8.66. The van der Waals surface area contributed by atoms with Crippen LogP contribution in [0, 0.1) is 0 Å². The molecule has 8 nitrogen and oxygen atoms in total. The van der Waals surface area contributed by atoms with Gasteiger partial charge < -0.3 is 24.0 Å². The van der Waals surface area contributed by atoms with Crippen molar-refractivity contribution in [3.63, 3.8) is 0 Å². The fourth-order valence-corrected chi connectivity index (χ4v) is 4.93. The van der Waals surface area contributed by atoms with Crippen molar-refractivity contribution in [2.45, 2.75) is 69.0 Å². The van der Waals surface area contributed by atoms with Crippen LogP contribution in [0.2, 0.25) is 0 Å². The number of carbonyl (C=O) groups excluding carboxylic acids is 1. The number of benzene rings is 1. The van der Waals surface area contributed by atoms with Crippen LogP contribution in [0.15, 0.2) is 28.8 Å². The molecule has 1 amide bonds. The molecule has 33 heavy (non-hydrogen) atoms. The minimum absolute atomic E-state index is 0.00346.